The van der Waals surface area contributed by atoms with Crippen LogP contribution in [0.25, 0.3) is 5.57 Å². The van der Waals surface area contributed by atoms with E-state index < -0.39 is 0 Å². The van der Waals surface area contributed by atoms with Crippen molar-refractivity contribution < 1.29 is 0 Å². The van der Waals surface area contributed by atoms with E-state index in [0.717, 1.165) is 22.5 Å². The van der Waals surface area contributed by atoms with Gasteiger partial charge < -0.3 is 5.73 Å². The molecule has 16 heavy (non-hydrogen) atoms. The molecule has 0 spiro atoms. The number of nitrogens with two attached hydrogens (primary N) is 1. The molecule has 0 atom stereocenters. The molecule has 0 radical (unpaired) electrons. The third-order valence-electron chi connectivity index (χ3n) is 1.65. The van der Waals surface area contributed by atoms with Crippen LogP contribution < -0.4 is 5.73 Å². The molecule has 2 N–H and O–H groups in total. The van der Waals surface area contributed by atoms with Crippen molar-refractivity contribution in [3.8, 4) is 0 Å². The standard InChI is InChI=1S/C10H12N2.2C2H6/c1-7(2)9-6-8(11)4-5-10(9)12-3;2*1-2/h4-6H,1,3,11H2,2H3;2*1-2H3. The first-order chi connectivity index (χ1) is 7.65. The van der Waals surface area contributed by atoms with Crippen molar-refractivity contribution >= 4 is 23.7 Å². The van der Waals surface area contributed by atoms with Crippen molar-refractivity contribution in [3.63, 3.8) is 0 Å². The van der Waals surface area contributed by atoms with Crippen LogP contribution >= 0.6 is 0 Å². The molecule has 0 aliphatic carbocycles. The quantitative estimate of drug-likeness (QED) is 0.570. The number of hydrogen-bond acceptors (Lipinski definition) is 2. The number of hydrogen-bond donors (Lipinski definition) is 1. The number of rotatable bonds is 2. The highest BCUT2D eigenvalue weighted by Gasteiger charge is 2.00. The summed E-state index contributed by atoms with van der Waals surface area (Å²) < 4.78 is 0. The summed E-state index contributed by atoms with van der Waals surface area (Å²) in [5.41, 5.74) is 9.08. The summed E-state index contributed by atoms with van der Waals surface area (Å²) in [6.07, 6.45) is 0. The molecule has 1 aromatic rings. The van der Waals surface area contributed by atoms with E-state index in [1.165, 1.54) is 0 Å². The molecule has 0 saturated carbocycles. The lowest BCUT2D eigenvalue weighted by Crippen LogP contribution is -1.86. The van der Waals surface area contributed by atoms with Crippen LogP contribution in [-0.2, 0) is 0 Å². The molecule has 0 heterocycles. The first-order valence-electron chi connectivity index (χ1n) is 5.67. The largest absolute Gasteiger partial charge is 0.399 e. The lowest BCUT2D eigenvalue weighted by Gasteiger charge is -2.04. The molecule has 1 rings (SSSR count). The Kier molecular flexibility index (Phi) is 10.5. The Labute approximate surface area is 99.9 Å². The van der Waals surface area contributed by atoms with Gasteiger partial charge in [0.25, 0.3) is 0 Å². The van der Waals surface area contributed by atoms with Crippen LogP contribution in [0, 0.1) is 0 Å². The smallest absolute Gasteiger partial charge is 0.0698 e. The van der Waals surface area contributed by atoms with E-state index in [0.29, 0.717) is 0 Å². The summed E-state index contributed by atoms with van der Waals surface area (Å²) in [7, 11) is 0. The van der Waals surface area contributed by atoms with Crippen LogP contribution in [0.5, 0.6) is 0 Å². The van der Waals surface area contributed by atoms with E-state index in [2.05, 4.69) is 18.3 Å². The topological polar surface area (TPSA) is 38.4 Å². The van der Waals surface area contributed by atoms with E-state index >= 15 is 0 Å². The van der Waals surface area contributed by atoms with Crippen LogP contribution in [0.2, 0.25) is 0 Å². The van der Waals surface area contributed by atoms with Crippen molar-refractivity contribution in [2.24, 2.45) is 4.99 Å². The summed E-state index contributed by atoms with van der Waals surface area (Å²) >= 11 is 0. The average molecular weight is 220 g/mol. The molecule has 0 aliphatic rings. The molecule has 0 fully saturated rings. The number of aliphatic imine (C=N–C) groups is 1. The Morgan fingerprint density at radius 1 is 1.19 bits per heavy atom. The first-order valence-corrected chi connectivity index (χ1v) is 5.67. The van der Waals surface area contributed by atoms with E-state index in [1.54, 1.807) is 6.07 Å². The van der Waals surface area contributed by atoms with Gasteiger partial charge in [-0.2, -0.15) is 0 Å². The highest BCUT2D eigenvalue weighted by molar-refractivity contribution is 5.75. The van der Waals surface area contributed by atoms with Gasteiger partial charge in [0.05, 0.1) is 5.69 Å². The number of nitrogens with zero attached hydrogens (tertiary/aromatic N) is 1. The maximum atomic E-state index is 5.62. The highest BCUT2D eigenvalue weighted by Crippen LogP contribution is 2.26. The van der Waals surface area contributed by atoms with Gasteiger partial charge in [-0.25, -0.2) is 0 Å². The summed E-state index contributed by atoms with van der Waals surface area (Å²) in [5.74, 6) is 0. The van der Waals surface area contributed by atoms with Gasteiger partial charge in [-0.15, -0.1) is 0 Å². The van der Waals surface area contributed by atoms with Crippen molar-refractivity contribution in [3.05, 3.63) is 30.3 Å². The lowest BCUT2D eigenvalue weighted by molar-refractivity contribution is 1.49. The Hall–Kier alpha value is -1.57. The molecule has 0 aromatic heterocycles. The minimum absolute atomic E-state index is 0.723. The van der Waals surface area contributed by atoms with Crippen molar-refractivity contribution in [2.75, 3.05) is 5.73 Å². The van der Waals surface area contributed by atoms with E-state index in [1.807, 2.05) is 46.8 Å². The van der Waals surface area contributed by atoms with Crippen LogP contribution in [0.3, 0.4) is 0 Å². The lowest BCUT2D eigenvalue weighted by atomic mass is 10.1. The number of allylic oxidation sites excluding steroid dienone is 1. The zero-order valence-corrected chi connectivity index (χ0v) is 11.2. The summed E-state index contributed by atoms with van der Waals surface area (Å²) in [6, 6.07) is 5.50. The van der Waals surface area contributed by atoms with E-state index in [9.17, 15) is 0 Å². The molecule has 0 bridgehead atoms. The molecule has 0 unspecified atom stereocenters. The van der Waals surface area contributed by atoms with Gasteiger partial charge in [0.2, 0.25) is 0 Å². The maximum absolute atomic E-state index is 5.62. The molecule has 0 amide bonds. The minimum Gasteiger partial charge on any atom is -0.399 e. The number of anilines is 1. The molecule has 1 aromatic carbocycles. The van der Waals surface area contributed by atoms with Crippen molar-refractivity contribution in [1.29, 1.82) is 0 Å². The van der Waals surface area contributed by atoms with Gasteiger partial charge in [0.15, 0.2) is 0 Å². The van der Waals surface area contributed by atoms with Gasteiger partial charge in [-0.1, -0.05) is 34.3 Å². The second-order valence-corrected chi connectivity index (χ2v) is 2.72. The minimum atomic E-state index is 0.723. The normalized spacial score (nSPS) is 7.81. The predicted molar refractivity (Wildman–Crippen MR) is 77.5 cm³/mol. The van der Waals surface area contributed by atoms with Gasteiger partial charge in [0, 0.05) is 11.3 Å². The second-order valence-electron chi connectivity index (χ2n) is 2.72. The van der Waals surface area contributed by atoms with Crippen LogP contribution in [-0.4, -0.2) is 6.72 Å². The zero-order chi connectivity index (χ0) is 13.1. The number of nitrogen functional groups attached to an aromatic ring is 1. The fraction of sp³-hybridized carbons (Fsp3) is 0.357. The third-order valence-corrected chi connectivity index (χ3v) is 1.65. The molecular formula is C14H24N2. The van der Waals surface area contributed by atoms with Crippen molar-refractivity contribution in [2.45, 2.75) is 34.6 Å². The third kappa shape index (κ3) is 5.35. The average Bonchev–Trinajstić information content (AvgIpc) is 2.34. The Morgan fingerprint density at radius 3 is 2.06 bits per heavy atom. The Bertz CT molecular complexity index is 328. The zero-order valence-electron chi connectivity index (χ0n) is 11.2. The van der Waals surface area contributed by atoms with E-state index in [-0.39, 0.29) is 0 Å². The molecule has 2 heteroatoms. The second kappa shape index (κ2) is 9.97. The monoisotopic (exact) mass is 220 g/mol. The first kappa shape index (κ1) is 16.8. The predicted octanol–water partition coefficient (Wildman–Crippen LogP) is 4.69. The fourth-order valence-corrected chi connectivity index (χ4v) is 1.03. The summed E-state index contributed by atoms with van der Waals surface area (Å²) in [4.78, 5) is 3.87. The Morgan fingerprint density at radius 2 is 1.69 bits per heavy atom. The maximum Gasteiger partial charge on any atom is 0.0698 e. The van der Waals surface area contributed by atoms with Gasteiger partial charge >= 0.3 is 0 Å². The molecule has 0 saturated heterocycles. The fourth-order valence-electron chi connectivity index (χ4n) is 1.03. The van der Waals surface area contributed by atoms with Gasteiger partial charge in [0.1, 0.15) is 0 Å². The van der Waals surface area contributed by atoms with Crippen LogP contribution in [0.4, 0.5) is 11.4 Å². The molecule has 0 aliphatic heterocycles. The summed E-state index contributed by atoms with van der Waals surface area (Å²) in [5, 5.41) is 0. The molecule has 2 nitrogen and oxygen atoms in total. The van der Waals surface area contributed by atoms with E-state index in [4.69, 9.17) is 5.73 Å². The van der Waals surface area contributed by atoms with Crippen molar-refractivity contribution in [1.82, 2.24) is 0 Å². The highest BCUT2D eigenvalue weighted by atomic mass is 14.7. The van der Waals surface area contributed by atoms with Crippen LogP contribution in [0.1, 0.15) is 40.2 Å². The molecule has 90 valence electrons. The van der Waals surface area contributed by atoms with Gasteiger partial charge in [-0.05, 0) is 37.4 Å². The molecular weight excluding hydrogens is 196 g/mol. The Balaban J connectivity index is 0. The van der Waals surface area contributed by atoms with Crippen LogP contribution in [0.15, 0.2) is 29.8 Å². The SMILES string of the molecule is C=Nc1ccc(N)cc1C(=C)C.CC.CC. The summed E-state index contributed by atoms with van der Waals surface area (Å²) in [6.45, 7) is 17.2. The number of benzene rings is 1. The van der Waals surface area contributed by atoms with Gasteiger partial charge in [-0.3, -0.25) is 4.99 Å².